The zero-order chi connectivity index (χ0) is 28.8. The van der Waals surface area contributed by atoms with E-state index < -0.39 is 47.9 Å². The lowest BCUT2D eigenvalue weighted by molar-refractivity contribution is -0.142. The summed E-state index contributed by atoms with van der Waals surface area (Å²) in [5.41, 5.74) is 17.3. The maximum Gasteiger partial charge on any atom is 0.326 e. The lowest BCUT2D eigenvalue weighted by Crippen LogP contribution is -2.59. The number of aliphatic imine (C=N–C) groups is 1. The molecule has 3 amide bonds. The van der Waals surface area contributed by atoms with Crippen LogP contribution in [0.2, 0.25) is 0 Å². The number of nitrogens with zero attached hydrogens (tertiary/aromatic N) is 2. The molecule has 0 aromatic carbocycles. The number of carboxylic acids is 1. The van der Waals surface area contributed by atoms with Crippen LogP contribution >= 0.6 is 0 Å². The fraction of sp³-hybridized carbons (Fsp3) is 0.667. The molecule has 1 rings (SSSR count). The predicted molar refractivity (Wildman–Crippen MR) is 143 cm³/mol. The second-order valence-electron chi connectivity index (χ2n) is 9.47. The standard InChI is InChI=1S/C24H43N9O5/c1-5-13(3)18(25)21(35)33-19(14(4)6-2)22(36)31-16(8-7-9-29-24(26)27)20(34)32-17(23(37)38)10-15-11-28-12-30-15/h11-14,16-19H,5-10,25H2,1-4H3,(H,28,30)(H,31,36)(H,32,34)(H,33,35)(H,37,38)(H4,26,27,29). The maximum atomic E-state index is 13.3. The number of aliphatic carboxylic acids is 1. The third-order valence-corrected chi connectivity index (χ3v) is 6.52. The van der Waals surface area contributed by atoms with Crippen LogP contribution in [0.4, 0.5) is 0 Å². The molecule has 0 spiro atoms. The Hall–Kier alpha value is -3.68. The van der Waals surface area contributed by atoms with Gasteiger partial charge in [-0.3, -0.25) is 19.4 Å². The molecule has 0 saturated carbocycles. The minimum atomic E-state index is -1.27. The minimum absolute atomic E-state index is 0.0329. The first kappa shape index (κ1) is 32.3. The Morgan fingerprint density at radius 1 is 1.00 bits per heavy atom. The van der Waals surface area contributed by atoms with Crippen LogP contribution in [0, 0.1) is 11.8 Å². The predicted octanol–water partition coefficient (Wildman–Crippen LogP) is -1.04. The van der Waals surface area contributed by atoms with Crippen LogP contribution in [-0.4, -0.2) is 75.4 Å². The van der Waals surface area contributed by atoms with E-state index in [0.717, 1.165) is 0 Å². The SMILES string of the molecule is CCC(C)C(N)C(=O)NC(C(=O)NC(CCCN=C(N)N)C(=O)NC(Cc1cnc[nH]1)C(=O)O)C(C)CC. The molecule has 0 fully saturated rings. The first-order valence-corrected chi connectivity index (χ1v) is 12.8. The van der Waals surface area contributed by atoms with Crippen molar-refractivity contribution in [2.75, 3.05) is 6.54 Å². The first-order chi connectivity index (χ1) is 17.9. The number of aromatic nitrogens is 2. The van der Waals surface area contributed by atoms with Crippen LogP contribution in [-0.2, 0) is 25.6 Å². The molecule has 0 saturated heterocycles. The number of amides is 3. The van der Waals surface area contributed by atoms with E-state index in [-0.39, 0.29) is 37.2 Å². The van der Waals surface area contributed by atoms with Crippen LogP contribution in [0.15, 0.2) is 17.5 Å². The van der Waals surface area contributed by atoms with Crippen molar-refractivity contribution >= 4 is 29.7 Å². The third-order valence-electron chi connectivity index (χ3n) is 6.52. The summed E-state index contributed by atoms with van der Waals surface area (Å²) in [6.07, 6.45) is 4.54. The molecule has 1 heterocycles. The van der Waals surface area contributed by atoms with Crippen molar-refractivity contribution in [2.45, 2.75) is 84.0 Å². The van der Waals surface area contributed by atoms with Crippen molar-refractivity contribution in [3.63, 3.8) is 0 Å². The number of H-pyrrole nitrogens is 1. The summed E-state index contributed by atoms with van der Waals surface area (Å²) in [5, 5.41) is 17.5. The van der Waals surface area contributed by atoms with Crippen LogP contribution in [0.1, 0.15) is 59.1 Å². The van der Waals surface area contributed by atoms with Gasteiger partial charge in [-0.1, -0.05) is 40.5 Å². The topological polar surface area (TPSA) is 244 Å². The molecule has 14 nitrogen and oxygen atoms in total. The zero-order valence-corrected chi connectivity index (χ0v) is 22.6. The average molecular weight is 538 g/mol. The molecule has 1 aromatic heterocycles. The number of hydrogen-bond acceptors (Lipinski definition) is 7. The van der Waals surface area contributed by atoms with E-state index in [4.69, 9.17) is 17.2 Å². The summed E-state index contributed by atoms with van der Waals surface area (Å²) < 4.78 is 0. The Balaban J connectivity index is 3.08. The number of imidazole rings is 1. The van der Waals surface area contributed by atoms with Crippen LogP contribution in [0.25, 0.3) is 0 Å². The Morgan fingerprint density at radius 3 is 2.16 bits per heavy atom. The minimum Gasteiger partial charge on any atom is -0.480 e. The number of nitrogens with two attached hydrogens (primary N) is 3. The van der Waals surface area contributed by atoms with E-state index in [0.29, 0.717) is 25.0 Å². The Morgan fingerprint density at radius 2 is 1.63 bits per heavy atom. The highest BCUT2D eigenvalue weighted by Gasteiger charge is 2.33. The summed E-state index contributed by atoms with van der Waals surface area (Å²) in [6, 6.07) is -4.11. The van der Waals surface area contributed by atoms with Crippen molar-refractivity contribution < 1.29 is 24.3 Å². The molecule has 0 aliphatic carbocycles. The van der Waals surface area contributed by atoms with Crippen molar-refractivity contribution in [3.05, 3.63) is 18.2 Å². The molecule has 14 heteroatoms. The molecule has 0 aliphatic heterocycles. The van der Waals surface area contributed by atoms with Crippen LogP contribution < -0.4 is 33.2 Å². The third kappa shape index (κ3) is 10.7. The Kier molecular flexibility index (Phi) is 13.8. The smallest absolute Gasteiger partial charge is 0.326 e. The van der Waals surface area contributed by atoms with E-state index in [1.165, 1.54) is 12.5 Å². The number of carbonyl (C=O) groups excluding carboxylic acids is 3. The fourth-order valence-corrected chi connectivity index (χ4v) is 3.59. The van der Waals surface area contributed by atoms with E-state index in [1.807, 2.05) is 20.8 Å². The number of carboxylic acid groups (broad SMARTS) is 1. The summed E-state index contributed by atoms with van der Waals surface area (Å²) in [4.78, 5) is 61.6. The number of rotatable bonds is 17. The van der Waals surface area contributed by atoms with Gasteiger partial charge in [0.25, 0.3) is 0 Å². The quantitative estimate of drug-likeness (QED) is 0.0686. The number of carbonyl (C=O) groups is 4. The zero-order valence-electron chi connectivity index (χ0n) is 22.6. The largest absolute Gasteiger partial charge is 0.480 e. The summed E-state index contributed by atoms with van der Waals surface area (Å²) in [6.45, 7) is 7.64. The molecule has 6 atom stereocenters. The highest BCUT2D eigenvalue weighted by atomic mass is 16.4. The molecule has 1 aromatic rings. The molecule has 6 unspecified atom stereocenters. The molecule has 38 heavy (non-hydrogen) atoms. The molecule has 214 valence electrons. The van der Waals surface area contributed by atoms with E-state index in [1.54, 1.807) is 6.92 Å². The molecule has 0 radical (unpaired) electrons. The van der Waals surface area contributed by atoms with Gasteiger partial charge in [0.15, 0.2) is 5.96 Å². The highest BCUT2D eigenvalue weighted by molar-refractivity contribution is 5.94. The van der Waals surface area contributed by atoms with E-state index in [9.17, 15) is 24.3 Å². The summed E-state index contributed by atoms with van der Waals surface area (Å²) in [5.74, 6) is -3.45. The highest BCUT2D eigenvalue weighted by Crippen LogP contribution is 2.12. The summed E-state index contributed by atoms with van der Waals surface area (Å²) >= 11 is 0. The van der Waals surface area contributed by atoms with E-state index in [2.05, 4.69) is 30.9 Å². The van der Waals surface area contributed by atoms with Crippen molar-refractivity contribution in [2.24, 2.45) is 34.0 Å². The van der Waals surface area contributed by atoms with Gasteiger partial charge < -0.3 is 43.2 Å². The van der Waals surface area contributed by atoms with Gasteiger partial charge >= 0.3 is 5.97 Å². The number of nitrogens with one attached hydrogen (secondary N) is 4. The average Bonchev–Trinajstić information content (AvgIpc) is 3.39. The monoisotopic (exact) mass is 537 g/mol. The fourth-order valence-electron chi connectivity index (χ4n) is 3.59. The van der Waals surface area contributed by atoms with E-state index >= 15 is 0 Å². The molecule has 0 aliphatic rings. The van der Waals surface area contributed by atoms with Gasteiger partial charge in [0.2, 0.25) is 17.7 Å². The van der Waals surface area contributed by atoms with Crippen molar-refractivity contribution in [1.29, 1.82) is 0 Å². The number of hydrogen-bond donors (Lipinski definition) is 8. The Bertz CT molecular complexity index is 934. The van der Waals surface area contributed by atoms with Gasteiger partial charge in [0.1, 0.15) is 18.1 Å². The van der Waals surface area contributed by atoms with Gasteiger partial charge in [0, 0.05) is 24.9 Å². The molecule has 11 N–H and O–H groups in total. The van der Waals surface area contributed by atoms with Crippen LogP contribution in [0.5, 0.6) is 0 Å². The lowest BCUT2D eigenvalue weighted by Gasteiger charge is -2.28. The van der Waals surface area contributed by atoms with Crippen molar-refractivity contribution in [1.82, 2.24) is 25.9 Å². The summed E-state index contributed by atoms with van der Waals surface area (Å²) in [7, 11) is 0. The molecular weight excluding hydrogens is 494 g/mol. The number of guanidine groups is 1. The van der Waals surface area contributed by atoms with Crippen LogP contribution in [0.3, 0.4) is 0 Å². The first-order valence-electron chi connectivity index (χ1n) is 12.8. The van der Waals surface area contributed by atoms with Crippen molar-refractivity contribution in [3.8, 4) is 0 Å². The van der Waals surface area contributed by atoms with Gasteiger partial charge in [-0.25, -0.2) is 9.78 Å². The van der Waals surface area contributed by atoms with Gasteiger partial charge in [-0.2, -0.15) is 0 Å². The Labute approximate surface area is 223 Å². The van der Waals surface area contributed by atoms with Gasteiger partial charge in [0.05, 0.1) is 12.4 Å². The van der Waals surface area contributed by atoms with Gasteiger partial charge in [-0.15, -0.1) is 0 Å². The normalized spacial score (nSPS) is 15.7. The molecule has 0 bridgehead atoms. The molecular formula is C24H43N9O5. The maximum absolute atomic E-state index is 13.3. The second-order valence-corrected chi connectivity index (χ2v) is 9.47. The van der Waals surface area contributed by atoms with Gasteiger partial charge in [-0.05, 0) is 24.7 Å². The second kappa shape index (κ2) is 16.2. The lowest BCUT2D eigenvalue weighted by atomic mass is 9.95. The number of aromatic amines is 1.